The lowest BCUT2D eigenvalue weighted by Gasteiger charge is -2.19. The summed E-state index contributed by atoms with van der Waals surface area (Å²) in [5, 5.41) is 1.15. The van der Waals surface area contributed by atoms with Crippen molar-refractivity contribution in [3.05, 3.63) is 86.8 Å². The summed E-state index contributed by atoms with van der Waals surface area (Å²) in [5.74, 6) is -0.812. The van der Waals surface area contributed by atoms with Gasteiger partial charge >= 0.3 is 5.97 Å². The molecule has 0 N–H and O–H groups in total. The highest BCUT2D eigenvalue weighted by molar-refractivity contribution is 7.80. The number of nitrogens with zero attached hydrogens (tertiary/aromatic N) is 3. The fourth-order valence-corrected chi connectivity index (χ4v) is 4.88. The van der Waals surface area contributed by atoms with Crippen molar-refractivity contribution >= 4 is 64.2 Å². The molecule has 1 aromatic heterocycles. The molecule has 0 radical (unpaired) electrons. The number of benzene rings is 2. The first kappa shape index (κ1) is 25.9. The van der Waals surface area contributed by atoms with Crippen molar-refractivity contribution in [3.8, 4) is 5.69 Å². The molecule has 6 nitrogen and oxygen atoms in total. The van der Waals surface area contributed by atoms with Crippen LogP contribution in [0.5, 0.6) is 0 Å². The second-order valence-corrected chi connectivity index (χ2v) is 9.57. The lowest BCUT2D eigenvalue weighted by Crippen LogP contribution is -2.35. The van der Waals surface area contributed by atoms with Crippen molar-refractivity contribution in [2.45, 2.75) is 27.2 Å². The summed E-state index contributed by atoms with van der Waals surface area (Å²) in [6.07, 6.45) is 2.64. The number of ether oxygens (including phenoxy) is 1. The molecule has 0 bridgehead atoms. The summed E-state index contributed by atoms with van der Waals surface area (Å²) in [6.45, 7) is 5.80. The number of aromatic nitrogens is 1. The molecule has 1 fully saturated rings. The number of aryl methyl sites for hydroxylation is 2. The van der Waals surface area contributed by atoms with Gasteiger partial charge in [0.2, 0.25) is 0 Å². The molecule has 1 aliphatic heterocycles. The van der Waals surface area contributed by atoms with Crippen molar-refractivity contribution in [2.24, 2.45) is 0 Å². The second-order valence-electron chi connectivity index (χ2n) is 8.40. The molecular formula is C27H25Cl2N3O3S. The zero-order valence-corrected chi connectivity index (χ0v) is 22.7. The predicted octanol–water partition coefficient (Wildman–Crippen LogP) is 6.11. The Labute approximate surface area is 225 Å². The maximum Gasteiger partial charge on any atom is 0.325 e. The average Bonchev–Trinajstić information content (AvgIpc) is 3.27. The molecule has 2 aromatic carbocycles. The fourth-order valence-electron chi connectivity index (χ4n) is 4.24. The largest absolute Gasteiger partial charge is 0.468 e. The average molecular weight is 542 g/mol. The van der Waals surface area contributed by atoms with E-state index in [2.05, 4.69) is 6.92 Å². The van der Waals surface area contributed by atoms with Gasteiger partial charge < -0.3 is 14.2 Å². The van der Waals surface area contributed by atoms with Gasteiger partial charge in [-0.3, -0.25) is 14.5 Å². The smallest absolute Gasteiger partial charge is 0.325 e. The molecule has 2 heterocycles. The molecular weight excluding hydrogens is 517 g/mol. The van der Waals surface area contributed by atoms with E-state index < -0.39 is 5.97 Å². The molecule has 1 amide bonds. The van der Waals surface area contributed by atoms with Crippen LogP contribution in [0.25, 0.3) is 11.8 Å². The van der Waals surface area contributed by atoms with Gasteiger partial charge in [-0.15, -0.1) is 0 Å². The zero-order chi connectivity index (χ0) is 26.1. The number of thiocarbonyl (C=S) groups is 1. The minimum atomic E-state index is -0.500. The Hall–Kier alpha value is -3.13. The van der Waals surface area contributed by atoms with Crippen LogP contribution < -0.4 is 4.90 Å². The molecule has 0 saturated carbocycles. The van der Waals surface area contributed by atoms with Crippen molar-refractivity contribution in [2.75, 3.05) is 18.6 Å². The molecule has 9 heteroatoms. The Kier molecular flexibility index (Phi) is 7.54. The van der Waals surface area contributed by atoms with Gasteiger partial charge in [0.25, 0.3) is 5.91 Å². The van der Waals surface area contributed by atoms with Gasteiger partial charge in [0.15, 0.2) is 5.11 Å². The van der Waals surface area contributed by atoms with Gasteiger partial charge in [-0.1, -0.05) is 42.3 Å². The van der Waals surface area contributed by atoms with Crippen molar-refractivity contribution < 1.29 is 14.3 Å². The monoisotopic (exact) mass is 541 g/mol. The topological polar surface area (TPSA) is 54.8 Å². The molecule has 0 unspecified atom stereocenters. The quantitative estimate of drug-likeness (QED) is 0.214. The molecule has 1 saturated heterocycles. The number of esters is 1. The summed E-state index contributed by atoms with van der Waals surface area (Å²) in [6, 6.07) is 15.0. The van der Waals surface area contributed by atoms with E-state index in [4.69, 9.17) is 40.2 Å². The van der Waals surface area contributed by atoms with Gasteiger partial charge in [-0.25, -0.2) is 0 Å². The van der Waals surface area contributed by atoms with Crippen molar-refractivity contribution in [1.82, 2.24) is 9.47 Å². The third-order valence-electron chi connectivity index (χ3n) is 6.18. The number of amides is 1. The molecule has 3 aromatic rings. The minimum Gasteiger partial charge on any atom is -0.468 e. The molecule has 36 heavy (non-hydrogen) atoms. The summed E-state index contributed by atoms with van der Waals surface area (Å²) < 4.78 is 6.89. The number of rotatable bonds is 6. The lowest BCUT2D eigenvalue weighted by molar-refractivity contribution is -0.140. The predicted molar refractivity (Wildman–Crippen MR) is 148 cm³/mol. The Morgan fingerprint density at radius 1 is 1.03 bits per heavy atom. The van der Waals surface area contributed by atoms with Gasteiger partial charge in [-0.05, 0) is 86.1 Å². The number of hydrogen-bond donors (Lipinski definition) is 0. The van der Waals surface area contributed by atoms with Gasteiger partial charge in [0, 0.05) is 17.1 Å². The Balaban J connectivity index is 1.79. The Morgan fingerprint density at radius 3 is 2.31 bits per heavy atom. The van der Waals surface area contributed by atoms with Gasteiger partial charge in [0.1, 0.15) is 12.2 Å². The van der Waals surface area contributed by atoms with Crippen LogP contribution in [-0.2, 0) is 20.7 Å². The number of anilines is 1. The van der Waals surface area contributed by atoms with E-state index in [1.807, 2.05) is 54.8 Å². The van der Waals surface area contributed by atoms with E-state index in [9.17, 15) is 9.59 Å². The van der Waals surface area contributed by atoms with E-state index in [0.29, 0.717) is 21.4 Å². The van der Waals surface area contributed by atoms with Crippen LogP contribution in [0.15, 0.2) is 54.2 Å². The normalized spacial score (nSPS) is 14.8. The molecule has 1 aliphatic rings. The second kappa shape index (κ2) is 10.5. The van der Waals surface area contributed by atoms with E-state index in [1.165, 1.54) is 16.9 Å². The van der Waals surface area contributed by atoms with Crippen molar-refractivity contribution in [3.63, 3.8) is 0 Å². The Morgan fingerprint density at radius 2 is 1.69 bits per heavy atom. The van der Waals surface area contributed by atoms with Crippen molar-refractivity contribution in [1.29, 1.82) is 0 Å². The van der Waals surface area contributed by atoms with Crippen LogP contribution in [0.4, 0.5) is 5.69 Å². The zero-order valence-electron chi connectivity index (χ0n) is 20.3. The fraction of sp³-hybridized carbons (Fsp3) is 0.222. The third kappa shape index (κ3) is 4.78. The SMILES string of the molecule is CCc1ccc(N2C(=O)/C(=C/c3cc(C)n(-c4ccc(Cl)c(Cl)c4)c3C)N(CC(=O)OC)C2=S)cc1. The minimum absolute atomic E-state index is 0.179. The van der Waals surface area contributed by atoms with E-state index in [0.717, 1.165) is 34.6 Å². The summed E-state index contributed by atoms with van der Waals surface area (Å²) in [7, 11) is 1.30. The number of carbonyl (C=O) groups is 2. The first-order chi connectivity index (χ1) is 17.2. The van der Waals surface area contributed by atoms with Gasteiger partial charge in [0.05, 0.1) is 22.8 Å². The Bertz CT molecular complexity index is 1400. The standard InChI is InChI=1S/C27H25Cl2N3O3S/c1-5-18-6-8-20(9-7-18)32-26(34)24(30(27(32)36)15-25(33)35-4)13-19-12-16(2)31(17(19)3)21-10-11-22(28)23(29)14-21/h6-14H,5,15H2,1-4H3/b24-13-. The van der Waals surface area contributed by atoms with E-state index in [1.54, 1.807) is 18.2 Å². The van der Waals surface area contributed by atoms with Crippen LogP contribution in [0, 0.1) is 13.8 Å². The van der Waals surface area contributed by atoms with Crippen LogP contribution in [0.2, 0.25) is 10.0 Å². The maximum absolute atomic E-state index is 13.6. The lowest BCUT2D eigenvalue weighted by atomic mass is 10.1. The van der Waals surface area contributed by atoms with E-state index >= 15 is 0 Å². The molecule has 0 aliphatic carbocycles. The maximum atomic E-state index is 13.6. The van der Waals surface area contributed by atoms with Crippen LogP contribution in [0.3, 0.4) is 0 Å². The van der Waals surface area contributed by atoms with E-state index in [-0.39, 0.29) is 17.6 Å². The van der Waals surface area contributed by atoms with Crippen LogP contribution >= 0.6 is 35.4 Å². The highest BCUT2D eigenvalue weighted by atomic mass is 35.5. The molecule has 186 valence electrons. The summed E-state index contributed by atoms with van der Waals surface area (Å²) >= 11 is 18.0. The van der Waals surface area contributed by atoms with Crippen LogP contribution in [-0.4, -0.2) is 40.1 Å². The third-order valence-corrected chi connectivity index (χ3v) is 7.32. The van der Waals surface area contributed by atoms with Gasteiger partial charge in [-0.2, -0.15) is 0 Å². The number of hydrogen-bond acceptors (Lipinski definition) is 4. The highest BCUT2D eigenvalue weighted by Crippen LogP contribution is 2.32. The number of methoxy groups -OCH3 is 1. The molecule has 4 rings (SSSR count). The molecule has 0 spiro atoms. The highest BCUT2D eigenvalue weighted by Gasteiger charge is 2.40. The first-order valence-corrected chi connectivity index (χ1v) is 12.5. The first-order valence-electron chi connectivity index (χ1n) is 11.3. The summed E-state index contributed by atoms with van der Waals surface area (Å²) in [5.41, 5.74) is 5.57. The summed E-state index contributed by atoms with van der Waals surface area (Å²) in [4.78, 5) is 28.8. The number of carbonyl (C=O) groups excluding carboxylic acids is 2. The molecule has 0 atom stereocenters. The van der Waals surface area contributed by atoms with Crippen LogP contribution in [0.1, 0.15) is 29.4 Å². The number of halogens is 2.